The summed E-state index contributed by atoms with van der Waals surface area (Å²) in [6.07, 6.45) is 2.50. The number of fused-ring (bicyclic) bond motifs is 3. The molecule has 2 aromatic rings. The molecule has 20 heavy (non-hydrogen) atoms. The van der Waals surface area contributed by atoms with E-state index in [0.29, 0.717) is 5.82 Å². The summed E-state index contributed by atoms with van der Waals surface area (Å²) in [6.45, 7) is 7.44. The largest absolute Gasteiger partial charge is 0.385 e. The summed E-state index contributed by atoms with van der Waals surface area (Å²) >= 11 is 0. The molecule has 1 aromatic heterocycles. The zero-order valence-electron chi connectivity index (χ0n) is 12.2. The number of nitrogen functional groups attached to an aromatic ring is 1. The smallest absolute Gasteiger partial charge is 0.131 e. The first-order chi connectivity index (χ1) is 9.54. The fourth-order valence-electron chi connectivity index (χ4n) is 3.16. The maximum absolute atomic E-state index is 6.10. The molecule has 0 unspecified atom stereocenters. The van der Waals surface area contributed by atoms with Crippen molar-refractivity contribution in [3.05, 3.63) is 35.7 Å². The predicted octanol–water partition coefficient (Wildman–Crippen LogP) is 2.99. The average molecular weight is 268 g/mol. The molecule has 0 aliphatic heterocycles. The molecule has 1 aromatic carbocycles. The number of hydrogen-bond donors (Lipinski definition) is 2. The second kappa shape index (κ2) is 4.47. The van der Waals surface area contributed by atoms with Gasteiger partial charge in [-0.25, -0.2) is 9.97 Å². The molecule has 0 saturated carbocycles. The Morgan fingerprint density at radius 1 is 1.30 bits per heavy atom. The van der Waals surface area contributed by atoms with Gasteiger partial charge >= 0.3 is 0 Å². The lowest BCUT2D eigenvalue weighted by atomic mass is 9.71. The summed E-state index contributed by atoms with van der Waals surface area (Å²) in [5.41, 5.74) is 11.8. The molecule has 1 aliphatic rings. The fourth-order valence-corrected chi connectivity index (χ4v) is 3.16. The van der Waals surface area contributed by atoms with E-state index in [-0.39, 0.29) is 5.41 Å². The van der Waals surface area contributed by atoms with Crippen LogP contribution in [0, 0.1) is 0 Å². The molecule has 1 heterocycles. The molecule has 4 heteroatoms. The van der Waals surface area contributed by atoms with Gasteiger partial charge in [0.1, 0.15) is 12.1 Å². The van der Waals surface area contributed by atoms with Crippen LogP contribution in [-0.4, -0.2) is 16.5 Å². The Hall–Kier alpha value is -2.10. The highest BCUT2D eigenvalue weighted by molar-refractivity contribution is 5.79. The van der Waals surface area contributed by atoms with Crippen molar-refractivity contribution in [1.29, 1.82) is 0 Å². The number of benzene rings is 1. The van der Waals surface area contributed by atoms with Gasteiger partial charge < -0.3 is 11.1 Å². The van der Waals surface area contributed by atoms with E-state index in [0.717, 1.165) is 24.2 Å². The van der Waals surface area contributed by atoms with Crippen LogP contribution >= 0.6 is 0 Å². The van der Waals surface area contributed by atoms with Gasteiger partial charge in [0.15, 0.2) is 0 Å². The first-order valence-electron chi connectivity index (χ1n) is 7.01. The fraction of sp³-hybridized carbons (Fsp3) is 0.375. The average Bonchev–Trinajstić information content (AvgIpc) is 2.39. The SMILES string of the molecule is CCNc1cccc2c1CC(C)(C)c1c(N)ncnc1-2. The first-order valence-corrected chi connectivity index (χ1v) is 7.01. The van der Waals surface area contributed by atoms with Gasteiger partial charge in [-0.1, -0.05) is 26.0 Å². The Morgan fingerprint density at radius 2 is 2.10 bits per heavy atom. The molecule has 0 amide bonds. The van der Waals surface area contributed by atoms with Crippen molar-refractivity contribution in [1.82, 2.24) is 9.97 Å². The molecule has 4 nitrogen and oxygen atoms in total. The van der Waals surface area contributed by atoms with Gasteiger partial charge in [-0.2, -0.15) is 0 Å². The topological polar surface area (TPSA) is 63.8 Å². The second-order valence-electron chi connectivity index (χ2n) is 5.91. The Morgan fingerprint density at radius 3 is 2.85 bits per heavy atom. The summed E-state index contributed by atoms with van der Waals surface area (Å²) in [7, 11) is 0. The van der Waals surface area contributed by atoms with Crippen molar-refractivity contribution < 1.29 is 0 Å². The van der Waals surface area contributed by atoms with Crippen molar-refractivity contribution in [2.24, 2.45) is 0 Å². The first kappa shape index (κ1) is 12.9. The van der Waals surface area contributed by atoms with Crippen molar-refractivity contribution in [3.63, 3.8) is 0 Å². The van der Waals surface area contributed by atoms with Crippen LogP contribution in [-0.2, 0) is 11.8 Å². The standard InChI is InChI=1S/C16H20N4/c1-4-18-12-7-5-6-10-11(12)8-16(2,3)13-14(10)19-9-20-15(13)17/h5-7,9,18H,4,8H2,1-3H3,(H2,17,19,20). The van der Waals surface area contributed by atoms with E-state index in [4.69, 9.17) is 5.73 Å². The summed E-state index contributed by atoms with van der Waals surface area (Å²) in [6, 6.07) is 6.32. The minimum absolute atomic E-state index is 0.0563. The minimum Gasteiger partial charge on any atom is -0.385 e. The lowest BCUT2D eigenvalue weighted by molar-refractivity contribution is 0.515. The third-order valence-electron chi connectivity index (χ3n) is 3.97. The monoisotopic (exact) mass is 268 g/mol. The summed E-state index contributed by atoms with van der Waals surface area (Å²) < 4.78 is 0. The van der Waals surface area contributed by atoms with Crippen LogP contribution in [0.25, 0.3) is 11.3 Å². The Bertz CT molecular complexity index is 662. The number of nitrogens with zero attached hydrogens (tertiary/aromatic N) is 2. The van der Waals surface area contributed by atoms with Crippen LogP contribution in [0.2, 0.25) is 0 Å². The molecular weight excluding hydrogens is 248 g/mol. The number of anilines is 2. The Labute approximate surface area is 119 Å². The van der Waals surface area contributed by atoms with Crippen LogP contribution in [0.3, 0.4) is 0 Å². The van der Waals surface area contributed by atoms with Crippen molar-refractivity contribution in [2.45, 2.75) is 32.6 Å². The van der Waals surface area contributed by atoms with E-state index in [1.165, 1.54) is 16.8 Å². The molecule has 0 bridgehead atoms. The van der Waals surface area contributed by atoms with Gasteiger partial charge in [0, 0.05) is 23.4 Å². The number of nitrogens with two attached hydrogens (primary N) is 1. The maximum atomic E-state index is 6.10. The van der Waals surface area contributed by atoms with E-state index in [9.17, 15) is 0 Å². The van der Waals surface area contributed by atoms with E-state index in [1.807, 2.05) is 0 Å². The van der Waals surface area contributed by atoms with Gasteiger partial charge in [-0.05, 0) is 30.4 Å². The molecule has 3 N–H and O–H groups in total. The number of nitrogens with one attached hydrogen (secondary N) is 1. The van der Waals surface area contributed by atoms with Gasteiger partial charge in [0.25, 0.3) is 0 Å². The number of aromatic nitrogens is 2. The van der Waals surface area contributed by atoms with E-state index >= 15 is 0 Å². The quantitative estimate of drug-likeness (QED) is 0.879. The zero-order chi connectivity index (χ0) is 14.3. The van der Waals surface area contributed by atoms with Gasteiger partial charge in [-0.3, -0.25) is 0 Å². The normalized spacial score (nSPS) is 15.3. The third-order valence-corrected chi connectivity index (χ3v) is 3.97. The maximum Gasteiger partial charge on any atom is 0.131 e. The van der Waals surface area contributed by atoms with Gasteiger partial charge in [0.05, 0.1) is 5.69 Å². The number of hydrogen-bond acceptors (Lipinski definition) is 4. The highest BCUT2D eigenvalue weighted by Crippen LogP contribution is 2.45. The second-order valence-corrected chi connectivity index (χ2v) is 5.91. The molecule has 0 radical (unpaired) electrons. The van der Waals surface area contributed by atoms with E-state index < -0.39 is 0 Å². The molecule has 0 spiro atoms. The Balaban J connectivity index is 2.29. The lowest BCUT2D eigenvalue weighted by Gasteiger charge is -2.34. The highest BCUT2D eigenvalue weighted by atomic mass is 14.9. The van der Waals surface area contributed by atoms with E-state index in [2.05, 4.69) is 54.3 Å². The molecule has 0 atom stereocenters. The molecule has 3 rings (SSSR count). The third kappa shape index (κ3) is 1.83. The molecule has 104 valence electrons. The Kier molecular flexibility index (Phi) is 2.89. The van der Waals surface area contributed by atoms with Crippen LogP contribution in [0.1, 0.15) is 31.9 Å². The van der Waals surface area contributed by atoms with Crippen LogP contribution in [0.15, 0.2) is 24.5 Å². The van der Waals surface area contributed by atoms with Crippen molar-refractivity contribution in [3.8, 4) is 11.3 Å². The minimum atomic E-state index is -0.0563. The van der Waals surface area contributed by atoms with Gasteiger partial charge in [0.2, 0.25) is 0 Å². The summed E-state index contributed by atoms with van der Waals surface area (Å²) in [5, 5.41) is 3.44. The van der Waals surface area contributed by atoms with Crippen LogP contribution < -0.4 is 11.1 Å². The van der Waals surface area contributed by atoms with Crippen LogP contribution in [0.5, 0.6) is 0 Å². The van der Waals surface area contributed by atoms with E-state index in [1.54, 1.807) is 6.33 Å². The van der Waals surface area contributed by atoms with Gasteiger partial charge in [-0.15, -0.1) is 0 Å². The molecule has 0 saturated heterocycles. The molecular formula is C16H20N4. The predicted molar refractivity (Wildman–Crippen MR) is 82.8 cm³/mol. The van der Waals surface area contributed by atoms with Crippen molar-refractivity contribution in [2.75, 3.05) is 17.6 Å². The zero-order valence-corrected chi connectivity index (χ0v) is 12.2. The lowest BCUT2D eigenvalue weighted by Crippen LogP contribution is -2.28. The molecule has 1 aliphatic carbocycles. The van der Waals surface area contributed by atoms with Crippen LogP contribution in [0.4, 0.5) is 11.5 Å². The highest BCUT2D eigenvalue weighted by Gasteiger charge is 2.35. The summed E-state index contributed by atoms with van der Waals surface area (Å²) in [4.78, 5) is 8.67. The van der Waals surface area contributed by atoms with Crippen molar-refractivity contribution >= 4 is 11.5 Å². The number of rotatable bonds is 2. The molecule has 0 fully saturated rings. The summed E-state index contributed by atoms with van der Waals surface area (Å²) in [5.74, 6) is 0.597.